The summed E-state index contributed by atoms with van der Waals surface area (Å²) in [5.41, 5.74) is 0.594. The summed E-state index contributed by atoms with van der Waals surface area (Å²) >= 11 is 5.79. The van der Waals surface area contributed by atoms with Crippen LogP contribution in [0.25, 0.3) is 0 Å². The summed E-state index contributed by atoms with van der Waals surface area (Å²) in [5, 5.41) is 13.2. The van der Waals surface area contributed by atoms with Gasteiger partial charge in [-0.1, -0.05) is 23.7 Å². The number of halogens is 4. The maximum atomic E-state index is 13.6. The van der Waals surface area contributed by atoms with Crippen LogP contribution in [0.15, 0.2) is 48.5 Å². The van der Waals surface area contributed by atoms with Gasteiger partial charge >= 0.3 is 0 Å². The molecule has 0 saturated heterocycles. The summed E-state index contributed by atoms with van der Waals surface area (Å²) in [7, 11) is 0. The Balaban J connectivity index is 1.63. The zero-order chi connectivity index (χ0) is 19.4. The van der Waals surface area contributed by atoms with E-state index in [4.69, 9.17) is 11.6 Å². The molecule has 0 spiro atoms. The Kier molecular flexibility index (Phi) is 5.56. The third-order valence-corrected chi connectivity index (χ3v) is 3.81. The average molecular weight is 393 g/mol. The lowest BCUT2D eigenvalue weighted by molar-refractivity contribution is 0.0945. The van der Waals surface area contributed by atoms with Gasteiger partial charge in [0.25, 0.3) is 5.91 Å². The highest BCUT2D eigenvalue weighted by atomic mass is 35.5. The second kappa shape index (κ2) is 8.05. The highest BCUT2D eigenvalue weighted by Gasteiger charge is 2.14. The van der Waals surface area contributed by atoms with Crippen LogP contribution in [0, 0.1) is 17.5 Å². The zero-order valence-electron chi connectivity index (χ0n) is 13.6. The molecule has 3 aromatic rings. The molecule has 0 aliphatic rings. The van der Waals surface area contributed by atoms with Crippen LogP contribution in [0.1, 0.15) is 16.1 Å². The Morgan fingerprint density at radius 3 is 2.33 bits per heavy atom. The molecule has 0 aliphatic heterocycles. The van der Waals surface area contributed by atoms with E-state index in [2.05, 4.69) is 20.8 Å². The van der Waals surface area contributed by atoms with Crippen molar-refractivity contribution in [2.75, 3.05) is 5.32 Å². The maximum absolute atomic E-state index is 13.6. The summed E-state index contributed by atoms with van der Waals surface area (Å²) in [5.74, 6) is -4.65. The minimum atomic E-state index is -1.59. The average Bonchev–Trinajstić information content (AvgIpc) is 2.68. The highest BCUT2D eigenvalue weighted by molar-refractivity contribution is 6.30. The number of nitrogens with one attached hydrogen (secondary N) is 2. The minimum absolute atomic E-state index is 0.0419. The van der Waals surface area contributed by atoms with Gasteiger partial charge in [-0.05, 0) is 42.0 Å². The Morgan fingerprint density at radius 1 is 0.926 bits per heavy atom. The summed E-state index contributed by atoms with van der Waals surface area (Å²) in [4.78, 5) is 12.1. The molecular weight excluding hydrogens is 381 g/mol. The van der Waals surface area contributed by atoms with Crippen LogP contribution in [0.5, 0.6) is 0 Å². The van der Waals surface area contributed by atoms with E-state index in [9.17, 15) is 18.0 Å². The lowest BCUT2D eigenvalue weighted by atomic mass is 10.2. The first kappa shape index (κ1) is 18.7. The van der Waals surface area contributed by atoms with E-state index < -0.39 is 23.4 Å². The first-order chi connectivity index (χ1) is 12.9. The molecular formula is C18H12ClF3N4O. The summed E-state index contributed by atoms with van der Waals surface area (Å²) < 4.78 is 39.8. The van der Waals surface area contributed by atoms with Crippen LogP contribution in [0.2, 0.25) is 5.02 Å². The molecule has 0 saturated carbocycles. The third kappa shape index (κ3) is 4.53. The van der Waals surface area contributed by atoms with E-state index in [-0.39, 0.29) is 23.7 Å². The SMILES string of the molecule is O=C(NCc1ccc(Cl)cc1)c1ccc(Nc2ccc(F)c(F)c2F)nn1. The van der Waals surface area contributed by atoms with Crippen LogP contribution >= 0.6 is 11.6 Å². The fraction of sp³-hybridized carbons (Fsp3) is 0.0556. The van der Waals surface area contributed by atoms with Crippen molar-refractivity contribution in [3.63, 3.8) is 0 Å². The molecule has 0 unspecified atom stereocenters. The minimum Gasteiger partial charge on any atom is -0.347 e. The second-order valence-electron chi connectivity index (χ2n) is 5.46. The fourth-order valence-corrected chi connectivity index (χ4v) is 2.28. The Bertz CT molecular complexity index is 966. The predicted molar refractivity (Wildman–Crippen MR) is 94.3 cm³/mol. The molecule has 1 aromatic heterocycles. The molecule has 27 heavy (non-hydrogen) atoms. The van der Waals surface area contributed by atoms with E-state index in [1.165, 1.54) is 12.1 Å². The number of amides is 1. The number of rotatable bonds is 5. The largest absolute Gasteiger partial charge is 0.347 e. The highest BCUT2D eigenvalue weighted by Crippen LogP contribution is 2.22. The van der Waals surface area contributed by atoms with Crippen LogP contribution in [0.4, 0.5) is 24.7 Å². The lowest BCUT2D eigenvalue weighted by Gasteiger charge is -2.08. The number of carbonyl (C=O) groups is 1. The Morgan fingerprint density at radius 2 is 1.67 bits per heavy atom. The first-order valence-electron chi connectivity index (χ1n) is 7.71. The van der Waals surface area contributed by atoms with Gasteiger partial charge in [-0.25, -0.2) is 13.2 Å². The summed E-state index contributed by atoms with van der Waals surface area (Å²) in [6, 6.07) is 11.5. The second-order valence-corrected chi connectivity index (χ2v) is 5.90. The smallest absolute Gasteiger partial charge is 0.272 e. The summed E-state index contributed by atoms with van der Waals surface area (Å²) in [6.45, 7) is 0.276. The quantitative estimate of drug-likeness (QED) is 0.638. The van der Waals surface area contributed by atoms with Crippen molar-refractivity contribution in [3.05, 3.63) is 82.3 Å². The normalized spacial score (nSPS) is 10.5. The number of benzene rings is 2. The van der Waals surface area contributed by atoms with E-state index >= 15 is 0 Å². The Labute approximate surface area is 157 Å². The van der Waals surface area contributed by atoms with E-state index in [1.807, 2.05) is 0 Å². The van der Waals surface area contributed by atoms with Crippen LogP contribution in [-0.2, 0) is 6.54 Å². The van der Waals surface area contributed by atoms with Gasteiger partial charge in [-0.3, -0.25) is 4.79 Å². The van der Waals surface area contributed by atoms with Crippen LogP contribution in [0.3, 0.4) is 0 Å². The Hall–Kier alpha value is -3.13. The van der Waals surface area contributed by atoms with Gasteiger partial charge in [0, 0.05) is 11.6 Å². The molecule has 0 fully saturated rings. The number of nitrogens with zero attached hydrogens (tertiary/aromatic N) is 2. The van der Waals surface area contributed by atoms with E-state index in [0.29, 0.717) is 5.02 Å². The first-order valence-corrected chi connectivity index (χ1v) is 8.09. The number of carbonyl (C=O) groups excluding carboxylic acids is 1. The molecule has 2 aromatic carbocycles. The van der Waals surface area contributed by atoms with Crippen LogP contribution in [-0.4, -0.2) is 16.1 Å². The monoisotopic (exact) mass is 392 g/mol. The molecule has 138 valence electrons. The van der Waals surface area contributed by atoms with Gasteiger partial charge in [0.05, 0.1) is 5.69 Å². The molecule has 1 heterocycles. The molecule has 0 atom stereocenters. The van der Waals surface area contributed by atoms with Crippen molar-refractivity contribution >= 4 is 29.0 Å². The van der Waals surface area contributed by atoms with Crippen molar-refractivity contribution in [1.29, 1.82) is 0 Å². The predicted octanol–water partition coefficient (Wildman–Crippen LogP) is 4.22. The third-order valence-electron chi connectivity index (χ3n) is 3.56. The lowest BCUT2D eigenvalue weighted by Crippen LogP contribution is -2.24. The molecule has 5 nitrogen and oxygen atoms in total. The summed E-state index contributed by atoms with van der Waals surface area (Å²) in [6.07, 6.45) is 0. The van der Waals surface area contributed by atoms with Gasteiger partial charge in [0.2, 0.25) is 0 Å². The van der Waals surface area contributed by atoms with Gasteiger partial charge in [0.1, 0.15) is 0 Å². The molecule has 1 amide bonds. The molecule has 3 rings (SSSR count). The van der Waals surface area contributed by atoms with Gasteiger partial charge in [-0.15, -0.1) is 10.2 Å². The van der Waals surface area contributed by atoms with E-state index in [1.54, 1.807) is 24.3 Å². The van der Waals surface area contributed by atoms with E-state index in [0.717, 1.165) is 17.7 Å². The molecule has 2 N–H and O–H groups in total. The van der Waals surface area contributed by atoms with Crippen LogP contribution < -0.4 is 10.6 Å². The maximum Gasteiger partial charge on any atom is 0.272 e. The zero-order valence-corrected chi connectivity index (χ0v) is 14.4. The van der Waals surface area contributed by atoms with Gasteiger partial charge in [-0.2, -0.15) is 0 Å². The molecule has 0 aliphatic carbocycles. The van der Waals surface area contributed by atoms with Crippen molar-refractivity contribution in [3.8, 4) is 0 Å². The number of hydrogen-bond acceptors (Lipinski definition) is 4. The van der Waals surface area contributed by atoms with Crippen molar-refractivity contribution in [2.45, 2.75) is 6.54 Å². The van der Waals surface area contributed by atoms with Gasteiger partial charge in [0.15, 0.2) is 29.0 Å². The molecule has 0 radical (unpaired) electrons. The van der Waals surface area contributed by atoms with Gasteiger partial charge < -0.3 is 10.6 Å². The van der Waals surface area contributed by atoms with Crippen molar-refractivity contribution in [1.82, 2.24) is 15.5 Å². The molecule has 9 heteroatoms. The van der Waals surface area contributed by atoms with Crippen molar-refractivity contribution < 1.29 is 18.0 Å². The fourth-order valence-electron chi connectivity index (χ4n) is 2.16. The van der Waals surface area contributed by atoms with Crippen molar-refractivity contribution in [2.24, 2.45) is 0 Å². The molecule has 0 bridgehead atoms. The topological polar surface area (TPSA) is 66.9 Å². The number of anilines is 2. The number of hydrogen-bond donors (Lipinski definition) is 2. The number of aromatic nitrogens is 2. The standard InChI is InChI=1S/C18H12ClF3N4O/c19-11-3-1-10(2-4-11)9-23-18(27)14-7-8-15(26-25-14)24-13-6-5-12(20)16(21)17(13)22/h1-8H,9H2,(H,23,27)(H,24,26).